The Morgan fingerprint density at radius 1 is 0.844 bits per heavy atom. The van der Waals surface area contributed by atoms with Gasteiger partial charge in [0.2, 0.25) is 0 Å². The van der Waals surface area contributed by atoms with E-state index < -0.39 is 23.7 Å². The Labute approximate surface area is 183 Å². The van der Waals surface area contributed by atoms with E-state index in [1.165, 1.54) is 17.7 Å². The lowest BCUT2D eigenvalue weighted by Gasteiger charge is -2.19. The fourth-order valence-corrected chi connectivity index (χ4v) is 4.02. The van der Waals surface area contributed by atoms with E-state index in [1.807, 2.05) is 0 Å². The number of rotatable bonds is 5. The third-order valence-electron chi connectivity index (χ3n) is 5.57. The van der Waals surface area contributed by atoms with Gasteiger partial charge >= 0.3 is 6.36 Å². The van der Waals surface area contributed by atoms with Gasteiger partial charge in [-0.3, -0.25) is 0 Å². The monoisotopic (exact) mass is 444 g/mol. The van der Waals surface area contributed by atoms with Crippen molar-refractivity contribution in [2.75, 3.05) is 0 Å². The van der Waals surface area contributed by atoms with Crippen molar-refractivity contribution >= 4 is 5.57 Å². The van der Waals surface area contributed by atoms with Crippen molar-refractivity contribution in [1.82, 2.24) is 0 Å². The molecule has 0 heterocycles. The van der Waals surface area contributed by atoms with E-state index in [0.717, 1.165) is 47.2 Å². The molecular weight excluding hydrogens is 423 g/mol. The highest BCUT2D eigenvalue weighted by atomic mass is 19.4. The van der Waals surface area contributed by atoms with Gasteiger partial charge in [0.1, 0.15) is 5.82 Å². The molecule has 0 aliphatic heterocycles. The summed E-state index contributed by atoms with van der Waals surface area (Å²) in [6.45, 7) is 2.14. The second-order valence-corrected chi connectivity index (χ2v) is 7.85. The summed E-state index contributed by atoms with van der Waals surface area (Å²) in [5.74, 6) is -2.70. The minimum Gasteiger partial charge on any atom is -0.403 e. The third kappa shape index (κ3) is 4.85. The number of aryl methyl sites for hydroxylation is 1. The maximum Gasteiger partial charge on any atom is 0.573 e. The van der Waals surface area contributed by atoms with Crippen molar-refractivity contribution < 1.29 is 26.7 Å². The molecule has 0 amide bonds. The standard InChI is InChI=1S/C26H21F5O/c1-2-3-16-4-6-17(7-5-16)18-8-9-19-13-22(23(27)15-21(19)12-18)20-10-11-25(24(28)14-20)32-26(29,30)31/h4-8,10-11,13-15H,2-3,9,12H2,1H3. The highest BCUT2D eigenvalue weighted by Gasteiger charge is 2.32. The van der Waals surface area contributed by atoms with Crippen LogP contribution in [0.2, 0.25) is 0 Å². The molecule has 0 saturated carbocycles. The Bertz CT molecular complexity index is 1160. The van der Waals surface area contributed by atoms with Crippen LogP contribution in [0.4, 0.5) is 22.0 Å². The number of hydrogen-bond donors (Lipinski definition) is 0. The molecule has 0 spiro atoms. The molecule has 4 rings (SSSR count). The second kappa shape index (κ2) is 8.77. The molecule has 0 fully saturated rings. The highest BCUT2D eigenvalue weighted by Crippen LogP contribution is 2.35. The highest BCUT2D eigenvalue weighted by molar-refractivity contribution is 5.73. The van der Waals surface area contributed by atoms with Gasteiger partial charge in [-0.1, -0.05) is 49.8 Å². The van der Waals surface area contributed by atoms with Crippen LogP contribution in [0.25, 0.3) is 16.7 Å². The van der Waals surface area contributed by atoms with Crippen molar-refractivity contribution in [3.8, 4) is 16.9 Å². The van der Waals surface area contributed by atoms with Crippen LogP contribution in [0.15, 0.2) is 60.7 Å². The summed E-state index contributed by atoms with van der Waals surface area (Å²) in [6, 6.07) is 14.4. The summed E-state index contributed by atoms with van der Waals surface area (Å²) < 4.78 is 69.7. The SMILES string of the molecule is CCCc1ccc(C2=CCc3cc(-c4ccc(OC(F)(F)F)c(F)c4)c(F)cc3C2)cc1. The number of ether oxygens (including phenoxy) is 1. The van der Waals surface area contributed by atoms with Crippen LogP contribution in [0, 0.1) is 11.6 Å². The van der Waals surface area contributed by atoms with Gasteiger partial charge in [0.25, 0.3) is 0 Å². The number of hydrogen-bond acceptors (Lipinski definition) is 1. The van der Waals surface area contributed by atoms with Crippen LogP contribution in [0.3, 0.4) is 0 Å². The largest absolute Gasteiger partial charge is 0.573 e. The van der Waals surface area contributed by atoms with Crippen LogP contribution in [0.5, 0.6) is 5.75 Å². The first-order valence-electron chi connectivity index (χ1n) is 10.4. The summed E-state index contributed by atoms with van der Waals surface area (Å²) >= 11 is 0. The molecule has 0 bridgehead atoms. The third-order valence-corrected chi connectivity index (χ3v) is 5.57. The number of alkyl halides is 3. The van der Waals surface area contributed by atoms with Gasteiger partial charge in [0, 0.05) is 5.56 Å². The molecule has 0 radical (unpaired) electrons. The Kier molecular flexibility index (Phi) is 6.04. The fourth-order valence-electron chi connectivity index (χ4n) is 4.02. The summed E-state index contributed by atoms with van der Waals surface area (Å²) in [4.78, 5) is 0. The molecule has 1 aliphatic carbocycles. The lowest BCUT2D eigenvalue weighted by molar-refractivity contribution is -0.275. The van der Waals surface area contributed by atoms with E-state index in [9.17, 15) is 22.0 Å². The Balaban J connectivity index is 1.58. The van der Waals surface area contributed by atoms with Gasteiger partial charge in [0.05, 0.1) is 0 Å². The van der Waals surface area contributed by atoms with Gasteiger partial charge in [-0.15, -0.1) is 13.2 Å². The summed E-state index contributed by atoms with van der Waals surface area (Å²) in [5.41, 5.74) is 5.54. The number of fused-ring (bicyclic) bond motifs is 1. The first kappa shape index (κ1) is 22.1. The summed E-state index contributed by atoms with van der Waals surface area (Å²) in [7, 11) is 0. The normalized spacial score (nSPS) is 13.5. The van der Waals surface area contributed by atoms with Gasteiger partial charge in [-0.2, -0.15) is 0 Å². The average molecular weight is 444 g/mol. The van der Waals surface area contributed by atoms with E-state index in [0.29, 0.717) is 12.8 Å². The van der Waals surface area contributed by atoms with Gasteiger partial charge in [0.15, 0.2) is 11.6 Å². The Morgan fingerprint density at radius 3 is 2.22 bits per heavy atom. The van der Waals surface area contributed by atoms with Crippen molar-refractivity contribution in [2.24, 2.45) is 0 Å². The molecule has 166 valence electrons. The van der Waals surface area contributed by atoms with E-state index in [2.05, 4.69) is 42.0 Å². The molecule has 0 unspecified atom stereocenters. The number of benzene rings is 3. The predicted octanol–water partition coefficient (Wildman–Crippen LogP) is 7.67. The molecule has 0 atom stereocenters. The Hall–Kier alpha value is -3.15. The first-order chi connectivity index (χ1) is 15.2. The Morgan fingerprint density at radius 2 is 1.56 bits per heavy atom. The number of allylic oxidation sites excluding steroid dienone is 2. The maximum atomic E-state index is 14.9. The lowest BCUT2D eigenvalue weighted by atomic mass is 9.86. The number of halogens is 5. The quantitative estimate of drug-likeness (QED) is 0.367. The van der Waals surface area contributed by atoms with E-state index in [4.69, 9.17) is 0 Å². The minimum absolute atomic E-state index is 0.141. The molecule has 0 N–H and O–H groups in total. The molecule has 1 aliphatic rings. The zero-order valence-electron chi connectivity index (χ0n) is 17.4. The summed E-state index contributed by atoms with van der Waals surface area (Å²) in [5, 5.41) is 0. The molecule has 6 heteroatoms. The zero-order chi connectivity index (χ0) is 22.9. The molecule has 0 saturated heterocycles. The second-order valence-electron chi connectivity index (χ2n) is 7.85. The minimum atomic E-state index is -5.00. The van der Waals surface area contributed by atoms with Crippen LogP contribution in [0.1, 0.15) is 35.6 Å². The maximum absolute atomic E-state index is 14.9. The van der Waals surface area contributed by atoms with E-state index >= 15 is 0 Å². The first-order valence-corrected chi connectivity index (χ1v) is 10.4. The molecule has 0 aromatic heterocycles. The average Bonchev–Trinajstić information content (AvgIpc) is 2.74. The molecular formula is C26H21F5O. The van der Waals surface area contributed by atoms with Crippen molar-refractivity contribution in [2.45, 2.75) is 39.0 Å². The van der Waals surface area contributed by atoms with Crippen LogP contribution >= 0.6 is 0 Å². The van der Waals surface area contributed by atoms with Crippen LogP contribution in [-0.4, -0.2) is 6.36 Å². The summed E-state index contributed by atoms with van der Waals surface area (Å²) in [6.07, 6.45) is 0.372. The molecule has 1 nitrogen and oxygen atoms in total. The zero-order valence-corrected chi connectivity index (χ0v) is 17.4. The predicted molar refractivity (Wildman–Crippen MR) is 114 cm³/mol. The fraction of sp³-hybridized carbons (Fsp3) is 0.231. The van der Waals surface area contributed by atoms with Crippen molar-refractivity contribution in [1.29, 1.82) is 0 Å². The van der Waals surface area contributed by atoms with Crippen LogP contribution < -0.4 is 4.74 Å². The van der Waals surface area contributed by atoms with E-state index in [-0.39, 0.29) is 11.1 Å². The topological polar surface area (TPSA) is 9.23 Å². The molecule has 3 aromatic rings. The van der Waals surface area contributed by atoms with Crippen LogP contribution in [-0.2, 0) is 19.3 Å². The van der Waals surface area contributed by atoms with Gasteiger partial charge in [-0.05, 0) is 76.9 Å². The lowest BCUT2D eigenvalue weighted by Crippen LogP contribution is -2.17. The molecule has 32 heavy (non-hydrogen) atoms. The van der Waals surface area contributed by atoms with Crippen molar-refractivity contribution in [3.05, 3.63) is 94.6 Å². The van der Waals surface area contributed by atoms with Crippen molar-refractivity contribution in [3.63, 3.8) is 0 Å². The van der Waals surface area contributed by atoms with Gasteiger partial charge in [-0.25, -0.2) is 8.78 Å². The molecule has 3 aromatic carbocycles. The smallest absolute Gasteiger partial charge is 0.403 e. The van der Waals surface area contributed by atoms with E-state index in [1.54, 1.807) is 6.07 Å². The van der Waals surface area contributed by atoms with Gasteiger partial charge < -0.3 is 4.74 Å².